The smallest absolute Gasteiger partial charge is 0.328 e. The van der Waals surface area contributed by atoms with Crippen molar-refractivity contribution in [2.75, 3.05) is 24.7 Å². The van der Waals surface area contributed by atoms with E-state index in [0.717, 1.165) is 27.9 Å². The number of nitrogens with one attached hydrogen (secondary N) is 2. The van der Waals surface area contributed by atoms with E-state index in [4.69, 9.17) is 9.47 Å². The summed E-state index contributed by atoms with van der Waals surface area (Å²) >= 11 is 1.71. The predicted molar refractivity (Wildman–Crippen MR) is 224 cm³/mol. The topological polar surface area (TPSA) is 93.7 Å². The lowest BCUT2D eigenvalue weighted by molar-refractivity contribution is -0.158. The molecule has 5 aromatic rings. The highest BCUT2D eigenvalue weighted by Gasteiger charge is 2.39. The second-order valence-electron chi connectivity index (χ2n) is 15.0. The number of hydrogen-bond donors (Lipinski definition) is 2. The summed E-state index contributed by atoms with van der Waals surface area (Å²) in [5, 5.41) is 6.42. The van der Waals surface area contributed by atoms with E-state index < -0.39 is 28.3 Å². The molecule has 0 bridgehead atoms. The van der Waals surface area contributed by atoms with Gasteiger partial charge in [0, 0.05) is 23.5 Å². The third-order valence-electron chi connectivity index (χ3n) is 9.18. The molecule has 0 fully saturated rings. The minimum atomic E-state index is -0.777. The number of benzene rings is 5. The summed E-state index contributed by atoms with van der Waals surface area (Å²) in [6.45, 7) is 9.92. The average molecular weight is 757 g/mol. The Bertz CT molecular complexity index is 1900. The number of methoxy groups -OCH3 is 1. The van der Waals surface area contributed by atoms with Gasteiger partial charge in [0.15, 0.2) is 0 Å². The number of ether oxygens (including phenoxy) is 2. The van der Waals surface area contributed by atoms with Gasteiger partial charge in [-0.2, -0.15) is 0 Å². The largest absolute Gasteiger partial charge is 0.467 e. The molecular formula is C47H52N2O5S. The van der Waals surface area contributed by atoms with Crippen LogP contribution in [0.2, 0.25) is 0 Å². The lowest BCUT2D eigenvalue weighted by Gasteiger charge is -2.36. The maximum atomic E-state index is 14.0. The Kier molecular flexibility index (Phi) is 14.0. The van der Waals surface area contributed by atoms with Crippen molar-refractivity contribution < 1.29 is 23.9 Å². The fraction of sp³-hybridized carbons (Fsp3) is 0.298. The molecule has 8 heteroatoms. The Hall–Kier alpha value is -5.34. The minimum Gasteiger partial charge on any atom is -0.467 e. The summed E-state index contributed by atoms with van der Waals surface area (Å²) < 4.78 is 10.4. The zero-order valence-electron chi connectivity index (χ0n) is 32.6. The Balaban J connectivity index is 1.49. The van der Waals surface area contributed by atoms with Crippen molar-refractivity contribution >= 4 is 35.3 Å². The van der Waals surface area contributed by atoms with Crippen molar-refractivity contribution in [3.05, 3.63) is 162 Å². The lowest BCUT2D eigenvalue weighted by Crippen LogP contribution is -2.42. The van der Waals surface area contributed by atoms with Crippen molar-refractivity contribution in [3.8, 4) is 11.1 Å². The summed E-state index contributed by atoms with van der Waals surface area (Å²) in [5.41, 5.74) is 5.34. The Labute approximate surface area is 330 Å². The third-order valence-corrected chi connectivity index (χ3v) is 10.9. The number of carbonyl (C=O) groups is 3. The van der Waals surface area contributed by atoms with Crippen LogP contribution in [0.15, 0.2) is 140 Å². The number of rotatable bonds is 16. The zero-order valence-corrected chi connectivity index (χ0v) is 33.4. The molecule has 0 spiro atoms. The maximum absolute atomic E-state index is 14.0. The van der Waals surface area contributed by atoms with Crippen LogP contribution in [0, 0.1) is 11.8 Å². The van der Waals surface area contributed by atoms with Gasteiger partial charge in [0.25, 0.3) is 5.91 Å². The maximum Gasteiger partial charge on any atom is 0.328 e. The molecule has 5 aromatic carbocycles. The Morgan fingerprint density at radius 3 is 1.67 bits per heavy atom. The van der Waals surface area contributed by atoms with Crippen molar-refractivity contribution in [1.82, 2.24) is 5.32 Å². The molecule has 0 aliphatic heterocycles. The van der Waals surface area contributed by atoms with Gasteiger partial charge in [-0.25, -0.2) is 4.79 Å². The summed E-state index contributed by atoms with van der Waals surface area (Å²) in [6, 6.07) is 45.6. The molecule has 0 saturated carbocycles. The van der Waals surface area contributed by atoms with E-state index in [9.17, 15) is 14.4 Å². The summed E-state index contributed by atoms with van der Waals surface area (Å²) in [6.07, 6.45) is 0.447. The van der Waals surface area contributed by atoms with Crippen LogP contribution in [0.25, 0.3) is 11.1 Å². The number of carbonyl (C=O) groups excluding carboxylic acids is 3. The molecule has 7 nitrogen and oxygen atoms in total. The van der Waals surface area contributed by atoms with Crippen LogP contribution >= 0.6 is 11.8 Å². The van der Waals surface area contributed by atoms with E-state index >= 15 is 0 Å². The highest BCUT2D eigenvalue weighted by molar-refractivity contribution is 8.00. The second-order valence-corrected chi connectivity index (χ2v) is 16.2. The molecule has 2 atom stereocenters. The average Bonchev–Trinajstić information content (AvgIpc) is 3.19. The number of esters is 2. The van der Waals surface area contributed by atoms with Gasteiger partial charge < -0.3 is 20.1 Å². The van der Waals surface area contributed by atoms with E-state index in [-0.39, 0.29) is 24.3 Å². The minimum absolute atomic E-state index is 0.166. The normalized spacial score (nSPS) is 12.7. The first-order chi connectivity index (χ1) is 26.4. The summed E-state index contributed by atoms with van der Waals surface area (Å²) in [5.74, 6) is -1.09. The molecule has 0 saturated heterocycles. The number of amides is 1. The van der Waals surface area contributed by atoms with Gasteiger partial charge in [-0.1, -0.05) is 135 Å². The van der Waals surface area contributed by atoms with Crippen LogP contribution < -0.4 is 10.6 Å². The third kappa shape index (κ3) is 10.7. The first-order valence-electron chi connectivity index (χ1n) is 18.8. The summed E-state index contributed by atoms with van der Waals surface area (Å²) in [4.78, 5) is 40.4. The Morgan fingerprint density at radius 1 is 0.691 bits per heavy atom. The van der Waals surface area contributed by atoms with Gasteiger partial charge in [0.1, 0.15) is 11.6 Å². The molecule has 5 rings (SSSR count). The van der Waals surface area contributed by atoms with Crippen molar-refractivity contribution in [2.24, 2.45) is 11.8 Å². The quantitative estimate of drug-likeness (QED) is 0.0765. The first-order valence-corrected chi connectivity index (χ1v) is 19.7. The highest BCUT2D eigenvalue weighted by Crippen LogP contribution is 2.49. The molecule has 1 unspecified atom stereocenters. The molecule has 0 aromatic heterocycles. The second kappa shape index (κ2) is 18.8. The van der Waals surface area contributed by atoms with Gasteiger partial charge in [-0.15, -0.1) is 11.8 Å². The van der Waals surface area contributed by atoms with Crippen LogP contribution in [-0.2, 0) is 23.8 Å². The number of anilines is 1. The van der Waals surface area contributed by atoms with E-state index in [0.29, 0.717) is 23.3 Å². The molecule has 55 heavy (non-hydrogen) atoms. The van der Waals surface area contributed by atoms with E-state index in [2.05, 4.69) is 83.4 Å². The van der Waals surface area contributed by atoms with Gasteiger partial charge in [0.2, 0.25) is 0 Å². The first kappa shape index (κ1) is 40.8. The van der Waals surface area contributed by atoms with E-state index in [1.54, 1.807) is 17.8 Å². The van der Waals surface area contributed by atoms with E-state index in [1.807, 2.05) is 95.3 Å². The molecular weight excluding hydrogens is 705 g/mol. The van der Waals surface area contributed by atoms with Crippen LogP contribution in [0.1, 0.15) is 68.1 Å². The molecule has 0 aliphatic carbocycles. The Morgan fingerprint density at radius 2 is 1.20 bits per heavy atom. The van der Waals surface area contributed by atoms with Crippen LogP contribution in [0.3, 0.4) is 0 Å². The van der Waals surface area contributed by atoms with Gasteiger partial charge in [0.05, 0.1) is 17.8 Å². The predicted octanol–water partition coefficient (Wildman–Crippen LogP) is 9.77. The fourth-order valence-electron chi connectivity index (χ4n) is 6.60. The monoisotopic (exact) mass is 756 g/mol. The van der Waals surface area contributed by atoms with Crippen LogP contribution in [0.5, 0.6) is 0 Å². The fourth-order valence-corrected chi connectivity index (χ4v) is 8.22. The molecule has 2 N–H and O–H groups in total. The SMILES string of the molecule is COC(=O)[C@H](CC(C)C)NC(=O)c1ccc(NCC(CSC(c2ccccc2)(c2ccccc2)c2ccccc2)C(=O)OC(C)(C)C)cc1-c1ccccc1. The van der Waals surface area contributed by atoms with Gasteiger partial charge in [-0.3, -0.25) is 9.59 Å². The molecule has 0 radical (unpaired) electrons. The standard InChI is InChI=1S/C47H52N2O5S/c1-33(2)29-42(45(52)53-6)49-43(50)40-28-27-39(30-41(40)34-19-11-7-12-20-34)48-31-35(44(51)54-46(3,4)5)32-55-47(36-21-13-8-14-22-36,37-23-15-9-16-24-37)38-25-17-10-18-26-38/h7-28,30,33,35,42,48H,29,31-32H2,1-6H3,(H,49,50)/t35?,42-/m0/s1. The van der Waals surface area contributed by atoms with Gasteiger partial charge in [-0.05, 0) is 79.1 Å². The molecule has 0 aliphatic rings. The van der Waals surface area contributed by atoms with E-state index in [1.165, 1.54) is 7.11 Å². The van der Waals surface area contributed by atoms with Crippen LogP contribution in [0.4, 0.5) is 5.69 Å². The van der Waals surface area contributed by atoms with Crippen molar-refractivity contribution in [1.29, 1.82) is 0 Å². The van der Waals surface area contributed by atoms with Gasteiger partial charge >= 0.3 is 11.9 Å². The highest BCUT2D eigenvalue weighted by atomic mass is 32.2. The summed E-state index contributed by atoms with van der Waals surface area (Å²) in [7, 11) is 1.33. The number of hydrogen-bond acceptors (Lipinski definition) is 7. The van der Waals surface area contributed by atoms with Crippen molar-refractivity contribution in [2.45, 2.75) is 57.4 Å². The number of thioether (sulfide) groups is 1. The zero-order chi connectivity index (χ0) is 39.4. The molecule has 286 valence electrons. The molecule has 0 heterocycles. The lowest BCUT2D eigenvalue weighted by atomic mass is 9.84. The van der Waals surface area contributed by atoms with Crippen LogP contribution in [-0.4, -0.2) is 48.9 Å². The van der Waals surface area contributed by atoms with Crippen molar-refractivity contribution in [3.63, 3.8) is 0 Å². The molecule has 1 amide bonds.